The Morgan fingerprint density at radius 3 is 2.54 bits per heavy atom. The molecule has 1 aromatic heterocycles. The maximum atomic E-state index is 14.2. The van der Waals surface area contributed by atoms with Crippen molar-refractivity contribution < 1.29 is 35.9 Å². The third-order valence-electron chi connectivity index (χ3n) is 7.73. The summed E-state index contributed by atoms with van der Waals surface area (Å²) in [6, 6.07) is 5.21. The number of halogens is 3. The molecule has 3 atom stereocenters. The van der Waals surface area contributed by atoms with E-state index in [1.165, 1.54) is 23.1 Å². The van der Waals surface area contributed by atoms with E-state index in [2.05, 4.69) is 16.5 Å². The first-order valence-electron chi connectivity index (χ1n) is 12.8. The fourth-order valence-corrected chi connectivity index (χ4v) is 7.34. The Hall–Kier alpha value is -2.95. The molecule has 0 radical (unpaired) electrons. The second-order valence-electron chi connectivity index (χ2n) is 10.5. The second kappa shape index (κ2) is 10.2. The topological polar surface area (TPSA) is 123 Å². The predicted octanol–water partition coefficient (Wildman–Crippen LogP) is 3.39. The van der Waals surface area contributed by atoms with Gasteiger partial charge in [-0.15, -0.1) is 0 Å². The summed E-state index contributed by atoms with van der Waals surface area (Å²) in [5.41, 5.74) is -1.63. The lowest BCUT2D eigenvalue weighted by atomic mass is 10.0. The van der Waals surface area contributed by atoms with Gasteiger partial charge in [-0.3, -0.25) is 9.48 Å². The number of amides is 1. The molecule has 0 bridgehead atoms. The number of hydrogen-bond acceptors (Lipinski definition) is 7. The fraction of sp³-hybridized carbons (Fsp3) is 0.577. The predicted molar refractivity (Wildman–Crippen MR) is 132 cm³/mol. The van der Waals surface area contributed by atoms with Crippen molar-refractivity contribution in [3.63, 3.8) is 0 Å². The van der Waals surface area contributed by atoms with Crippen LogP contribution in [0.15, 0.2) is 35.5 Å². The van der Waals surface area contributed by atoms with Crippen LogP contribution in [0.3, 0.4) is 0 Å². The van der Waals surface area contributed by atoms with Crippen molar-refractivity contribution in [2.75, 3.05) is 13.2 Å². The highest BCUT2D eigenvalue weighted by Gasteiger charge is 2.51. The Morgan fingerprint density at radius 1 is 1.23 bits per heavy atom. The smallest absolute Gasteiger partial charge is 0.381 e. The first-order chi connectivity index (χ1) is 18.4. The van der Waals surface area contributed by atoms with Crippen LogP contribution in [0.4, 0.5) is 13.2 Å². The molecule has 2 saturated carbocycles. The van der Waals surface area contributed by atoms with Gasteiger partial charge in [0, 0.05) is 32.0 Å². The Bertz CT molecular complexity index is 1390. The van der Waals surface area contributed by atoms with E-state index >= 15 is 0 Å². The molecule has 0 spiro atoms. The third kappa shape index (κ3) is 5.69. The molecule has 39 heavy (non-hydrogen) atoms. The Kier molecular flexibility index (Phi) is 7.24. The Labute approximate surface area is 224 Å². The van der Waals surface area contributed by atoms with Gasteiger partial charge in [0.1, 0.15) is 5.54 Å². The number of carbonyl (C=O) groups excluding carboxylic acids is 1. The van der Waals surface area contributed by atoms with Crippen LogP contribution in [-0.2, 0) is 37.3 Å². The van der Waals surface area contributed by atoms with Gasteiger partial charge in [-0.05, 0) is 56.2 Å². The van der Waals surface area contributed by atoms with E-state index in [0.29, 0.717) is 44.5 Å². The molecule has 3 fully saturated rings. The summed E-state index contributed by atoms with van der Waals surface area (Å²) < 4.78 is 82.9. The number of aryl methyl sites for hydroxylation is 1. The highest BCUT2D eigenvalue weighted by atomic mass is 32.2. The Balaban J connectivity index is 1.45. The standard InChI is InChI=1S/C26H29F3N4O5S/c1-33-14-17(13-31-33)16-2-3-23(21(10-16)26(27,28)29)39(35,36)19-11-20(24(34)32-25(15-30)6-7-25)22(12-19)38-18-4-8-37-9-5-18/h2-3,10,13-14,18-20,22H,4-9,11-12H2,1H3,(H,32,34)/t19?,20-,22-/m1/s1. The molecule has 2 heterocycles. The van der Waals surface area contributed by atoms with Crippen molar-refractivity contribution >= 4 is 15.7 Å². The van der Waals surface area contributed by atoms with E-state index in [4.69, 9.17) is 9.47 Å². The van der Waals surface area contributed by atoms with Gasteiger partial charge in [0.15, 0.2) is 9.84 Å². The van der Waals surface area contributed by atoms with E-state index < -0.39 is 55.2 Å². The van der Waals surface area contributed by atoms with Gasteiger partial charge in [0.25, 0.3) is 0 Å². The highest BCUT2D eigenvalue weighted by Crippen LogP contribution is 2.43. The van der Waals surface area contributed by atoms with Gasteiger partial charge in [0.05, 0.1) is 46.1 Å². The molecule has 5 rings (SSSR count). The number of alkyl halides is 3. The fourth-order valence-electron chi connectivity index (χ4n) is 5.34. The van der Waals surface area contributed by atoms with Gasteiger partial charge >= 0.3 is 6.18 Å². The van der Waals surface area contributed by atoms with Crippen molar-refractivity contribution in [2.45, 2.75) is 72.6 Å². The van der Waals surface area contributed by atoms with Crippen molar-refractivity contribution in [1.29, 1.82) is 5.26 Å². The maximum absolute atomic E-state index is 14.2. The summed E-state index contributed by atoms with van der Waals surface area (Å²) in [6.07, 6.45) is -1.27. The molecule has 2 aromatic rings. The molecular formula is C26H29F3N4O5S. The van der Waals surface area contributed by atoms with Gasteiger partial charge < -0.3 is 14.8 Å². The molecule has 1 amide bonds. The number of nitrogens with one attached hydrogen (secondary N) is 1. The first kappa shape index (κ1) is 27.6. The maximum Gasteiger partial charge on any atom is 0.417 e. The van der Waals surface area contributed by atoms with Crippen molar-refractivity contribution in [1.82, 2.24) is 15.1 Å². The average molecular weight is 567 g/mol. The normalized spacial score (nSPS) is 25.3. The van der Waals surface area contributed by atoms with Gasteiger partial charge in [-0.2, -0.15) is 23.5 Å². The van der Waals surface area contributed by atoms with Crippen LogP contribution in [0.25, 0.3) is 11.1 Å². The number of aromatic nitrogens is 2. The van der Waals surface area contributed by atoms with E-state index in [0.717, 1.165) is 12.1 Å². The van der Waals surface area contributed by atoms with Gasteiger partial charge in [0.2, 0.25) is 5.91 Å². The van der Waals surface area contributed by atoms with Crippen LogP contribution in [0.1, 0.15) is 44.1 Å². The number of benzene rings is 1. The molecule has 210 valence electrons. The van der Waals surface area contributed by atoms with Crippen LogP contribution in [0.5, 0.6) is 0 Å². The quantitative estimate of drug-likeness (QED) is 0.545. The minimum absolute atomic E-state index is 0.126. The number of nitriles is 1. The largest absolute Gasteiger partial charge is 0.417 e. The number of ether oxygens (including phenoxy) is 2. The number of sulfone groups is 1. The zero-order valence-electron chi connectivity index (χ0n) is 21.3. The van der Waals surface area contributed by atoms with Crippen LogP contribution in [-0.4, -0.2) is 60.3 Å². The lowest BCUT2D eigenvalue weighted by Crippen LogP contribution is -2.43. The molecule has 9 nitrogen and oxygen atoms in total. The van der Waals surface area contributed by atoms with E-state index in [1.54, 1.807) is 7.05 Å². The number of hydrogen-bond donors (Lipinski definition) is 1. The molecule has 1 aromatic carbocycles. The third-order valence-corrected chi connectivity index (χ3v) is 9.96. The lowest BCUT2D eigenvalue weighted by molar-refractivity contribution is -0.140. The summed E-state index contributed by atoms with van der Waals surface area (Å²) >= 11 is 0. The molecule has 1 saturated heterocycles. The van der Waals surface area contributed by atoms with Gasteiger partial charge in [-0.1, -0.05) is 6.07 Å². The summed E-state index contributed by atoms with van der Waals surface area (Å²) in [5.74, 6) is -1.42. The molecule has 13 heteroatoms. The van der Waals surface area contributed by atoms with Crippen LogP contribution >= 0.6 is 0 Å². The first-order valence-corrected chi connectivity index (χ1v) is 14.4. The Morgan fingerprint density at radius 2 is 1.95 bits per heavy atom. The molecule has 1 unspecified atom stereocenters. The van der Waals surface area contributed by atoms with E-state index in [-0.39, 0.29) is 24.5 Å². The zero-order chi connectivity index (χ0) is 28.0. The monoisotopic (exact) mass is 566 g/mol. The molecule has 1 N–H and O–H groups in total. The average Bonchev–Trinajstić information content (AvgIpc) is 3.31. The molecular weight excluding hydrogens is 537 g/mol. The SMILES string of the molecule is Cn1cc(-c2ccc(S(=O)(=O)C3C[C@@H](OC4CCOCC4)[C@H](C(=O)NC4(C#N)CC4)C3)c(C(F)(F)F)c2)cn1. The van der Waals surface area contributed by atoms with Crippen molar-refractivity contribution in [2.24, 2.45) is 13.0 Å². The number of rotatable bonds is 7. The number of nitrogens with zero attached hydrogens (tertiary/aromatic N) is 3. The summed E-state index contributed by atoms with van der Waals surface area (Å²) in [5, 5.41) is 14.8. The zero-order valence-corrected chi connectivity index (χ0v) is 22.1. The van der Waals surface area contributed by atoms with Crippen LogP contribution in [0, 0.1) is 17.2 Å². The van der Waals surface area contributed by atoms with E-state index in [9.17, 15) is 31.6 Å². The van der Waals surface area contributed by atoms with Gasteiger partial charge in [-0.25, -0.2) is 8.42 Å². The summed E-state index contributed by atoms with van der Waals surface area (Å²) in [7, 11) is -2.89. The van der Waals surface area contributed by atoms with E-state index in [1.807, 2.05) is 0 Å². The van der Waals surface area contributed by atoms with Crippen LogP contribution < -0.4 is 5.32 Å². The highest BCUT2D eigenvalue weighted by molar-refractivity contribution is 7.92. The molecule has 3 aliphatic rings. The van der Waals surface area contributed by atoms with Crippen molar-refractivity contribution in [3.05, 3.63) is 36.2 Å². The minimum Gasteiger partial charge on any atom is -0.381 e. The summed E-state index contributed by atoms with van der Waals surface area (Å²) in [6.45, 7) is 0.928. The minimum atomic E-state index is -4.93. The van der Waals surface area contributed by atoms with Crippen molar-refractivity contribution in [3.8, 4) is 17.2 Å². The number of carbonyl (C=O) groups is 1. The molecule has 2 aliphatic carbocycles. The van der Waals surface area contributed by atoms with Crippen LogP contribution in [0.2, 0.25) is 0 Å². The molecule has 1 aliphatic heterocycles. The second-order valence-corrected chi connectivity index (χ2v) is 12.7. The summed E-state index contributed by atoms with van der Waals surface area (Å²) in [4.78, 5) is 12.4. The lowest BCUT2D eigenvalue weighted by Gasteiger charge is -2.28.